The second-order valence-electron chi connectivity index (χ2n) is 6.65. The van der Waals surface area contributed by atoms with Crippen molar-refractivity contribution in [1.82, 2.24) is 0 Å². The second-order valence-corrected chi connectivity index (χ2v) is 7.08. The third-order valence-electron chi connectivity index (χ3n) is 5.24. The summed E-state index contributed by atoms with van der Waals surface area (Å²) in [6.45, 7) is 1.98. The van der Waals surface area contributed by atoms with Crippen molar-refractivity contribution in [1.29, 1.82) is 0 Å². The predicted octanol–water partition coefficient (Wildman–Crippen LogP) is 4.16. The van der Waals surface area contributed by atoms with Crippen molar-refractivity contribution in [3.8, 4) is 0 Å². The van der Waals surface area contributed by atoms with Gasteiger partial charge in [0.25, 0.3) is 0 Å². The number of rotatable bonds is 2. The number of halogens is 2. The van der Waals surface area contributed by atoms with Crippen molar-refractivity contribution in [3.05, 3.63) is 28.8 Å². The summed E-state index contributed by atoms with van der Waals surface area (Å²) in [5.41, 5.74) is 8.16. The number of nitrogens with one attached hydrogen (secondary N) is 1. The Balaban J connectivity index is 0.00000176. The van der Waals surface area contributed by atoms with E-state index >= 15 is 0 Å². The molecule has 0 heterocycles. The van der Waals surface area contributed by atoms with Gasteiger partial charge in [-0.2, -0.15) is 0 Å². The van der Waals surface area contributed by atoms with Gasteiger partial charge in [0.1, 0.15) is 0 Å². The lowest BCUT2D eigenvalue weighted by Crippen LogP contribution is -2.48. The fraction of sp³-hybridized carbons (Fsp3) is 0.588. The first-order valence-electron chi connectivity index (χ1n) is 7.87. The number of nitrogens with two attached hydrogens (primary N) is 1. The Morgan fingerprint density at radius 3 is 2.55 bits per heavy atom. The first-order chi connectivity index (χ1) is 10.0. The van der Waals surface area contributed by atoms with Crippen molar-refractivity contribution < 1.29 is 4.79 Å². The topological polar surface area (TPSA) is 55.1 Å². The summed E-state index contributed by atoms with van der Waals surface area (Å²) < 4.78 is 0. The summed E-state index contributed by atoms with van der Waals surface area (Å²) in [5.74, 6) is 1.27. The SMILES string of the molecule is Cc1ccc(Cl)cc1NC(=O)C1CC2CCCC(C1)C2N.Cl. The zero-order chi connectivity index (χ0) is 15.0. The predicted molar refractivity (Wildman–Crippen MR) is 93.6 cm³/mol. The quantitative estimate of drug-likeness (QED) is 0.847. The minimum atomic E-state index is 0. The Hall–Kier alpha value is -0.770. The summed E-state index contributed by atoms with van der Waals surface area (Å²) >= 11 is 6.02. The molecule has 3 N–H and O–H groups in total. The van der Waals surface area contributed by atoms with Crippen LogP contribution in [0.1, 0.15) is 37.7 Å². The molecule has 2 aliphatic carbocycles. The number of benzene rings is 1. The lowest BCUT2D eigenvalue weighted by atomic mass is 9.65. The molecule has 2 atom stereocenters. The third-order valence-corrected chi connectivity index (χ3v) is 5.48. The first kappa shape index (κ1) is 17.6. The molecule has 22 heavy (non-hydrogen) atoms. The van der Waals surface area contributed by atoms with Gasteiger partial charge in [-0.25, -0.2) is 0 Å². The van der Waals surface area contributed by atoms with E-state index in [1.165, 1.54) is 19.3 Å². The van der Waals surface area contributed by atoms with Crippen LogP contribution in [-0.2, 0) is 4.79 Å². The lowest BCUT2D eigenvalue weighted by Gasteiger charge is -2.43. The van der Waals surface area contributed by atoms with E-state index in [2.05, 4.69) is 5.32 Å². The lowest BCUT2D eigenvalue weighted by molar-refractivity contribution is -0.122. The number of aryl methyl sites for hydroxylation is 1. The number of carbonyl (C=O) groups excluding carboxylic acids is 1. The molecular formula is C17H24Cl2N2O. The highest BCUT2D eigenvalue weighted by Gasteiger charge is 2.40. The maximum atomic E-state index is 12.6. The van der Waals surface area contributed by atoms with Crippen molar-refractivity contribution in [2.24, 2.45) is 23.5 Å². The molecule has 0 saturated heterocycles. The fourth-order valence-electron chi connectivity index (χ4n) is 3.97. The average molecular weight is 343 g/mol. The van der Waals surface area contributed by atoms with Crippen LogP contribution in [0.25, 0.3) is 0 Å². The van der Waals surface area contributed by atoms with Gasteiger partial charge in [0.15, 0.2) is 0 Å². The smallest absolute Gasteiger partial charge is 0.227 e. The molecule has 2 bridgehead atoms. The highest BCUT2D eigenvalue weighted by Crippen LogP contribution is 2.42. The van der Waals surface area contributed by atoms with Crippen molar-refractivity contribution >= 4 is 35.6 Å². The second kappa shape index (κ2) is 7.20. The van der Waals surface area contributed by atoms with Gasteiger partial charge in [0, 0.05) is 22.7 Å². The summed E-state index contributed by atoms with van der Waals surface area (Å²) in [5, 5.41) is 3.71. The zero-order valence-corrected chi connectivity index (χ0v) is 14.4. The summed E-state index contributed by atoms with van der Waals surface area (Å²) in [6.07, 6.45) is 5.49. The van der Waals surface area contributed by atoms with E-state index in [4.69, 9.17) is 17.3 Å². The van der Waals surface area contributed by atoms with Crippen molar-refractivity contribution in [2.45, 2.75) is 45.1 Å². The summed E-state index contributed by atoms with van der Waals surface area (Å²) in [7, 11) is 0. The molecule has 0 aliphatic heterocycles. The molecule has 2 aliphatic rings. The molecule has 5 heteroatoms. The Kier molecular flexibility index (Phi) is 5.76. The maximum Gasteiger partial charge on any atom is 0.227 e. The number of amides is 1. The van der Waals surface area contributed by atoms with Crippen molar-refractivity contribution in [2.75, 3.05) is 5.32 Å². The van der Waals surface area contributed by atoms with Crippen LogP contribution in [-0.4, -0.2) is 11.9 Å². The molecule has 3 nitrogen and oxygen atoms in total. The fourth-order valence-corrected chi connectivity index (χ4v) is 4.14. The van der Waals surface area contributed by atoms with Crippen LogP contribution in [0.5, 0.6) is 0 Å². The van der Waals surface area contributed by atoms with Gasteiger partial charge in [-0.15, -0.1) is 12.4 Å². The molecule has 1 aromatic rings. The average Bonchev–Trinajstić information content (AvgIpc) is 2.42. The third kappa shape index (κ3) is 3.58. The Labute approximate surface area is 143 Å². The standard InChI is InChI=1S/C17H23ClN2O.ClH/c1-10-5-6-14(18)9-15(10)20-17(21)13-7-11-3-2-4-12(8-13)16(11)19;/h5-6,9,11-13,16H,2-4,7-8,19H2,1H3,(H,20,21);1H. The molecule has 1 amide bonds. The minimum Gasteiger partial charge on any atom is -0.327 e. The van der Waals surface area contributed by atoms with E-state index in [0.29, 0.717) is 22.9 Å². The van der Waals surface area contributed by atoms with Gasteiger partial charge in [-0.1, -0.05) is 24.1 Å². The molecule has 0 radical (unpaired) electrons. The van der Waals surface area contributed by atoms with Crippen LogP contribution in [0, 0.1) is 24.7 Å². The van der Waals surface area contributed by atoms with Gasteiger partial charge in [0.05, 0.1) is 0 Å². The number of carbonyl (C=O) groups is 1. The molecule has 3 rings (SSSR count). The molecular weight excluding hydrogens is 319 g/mol. The van der Waals surface area contributed by atoms with E-state index in [0.717, 1.165) is 24.1 Å². The number of hydrogen-bond donors (Lipinski definition) is 2. The van der Waals surface area contributed by atoms with E-state index in [-0.39, 0.29) is 24.2 Å². The summed E-state index contributed by atoms with van der Waals surface area (Å²) in [6, 6.07) is 5.90. The number of fused-ring (bicyclic) bond motifs is 2. The van der Waals surface area contributed by atoms with Crippen LogP contribution in [0.15, 0.2) is 18.2 Å². The van der Waals surface area contributed by atoms with Crippen molar-refractivity contribution in [3.63, 3.8) is 0 Å². The van der Waals surface area contributed by atoms with Gasteiger partial charge in [-0.05, 0) is 62.1 Å². The van der Waals surface area contributed by atoms with E-state index < -0.39 is 0 Å². The van der Waals surface area contributed by atoms with Crippen LogP contribution >= 0.6 is 24.0 Å². The highest BCUT2D eigenvalue weighted by atomic mass is 35.5. The molecule has 0 aromatic heterocycles. The van der Waals surface area contributed by atoms with E-state index in [1.807, 2.05) is 25.1 Å². The molecule has 0 spiro atoms. The van der Waals surface area contributed by atoms with Gasteiger partial charge in [0.2, 0.25) is 5.91 Å². The summed E-state index contributed by atoms with van der Waals surface area (Å²) in [4.78, 5) is 12.6. The van der Waals surface area contributed by atoms with Crippen LogP contribution < -0.4 is 11.1 Å². The molecule has 2 unspecified atom stereocenters. The van der Waals surface area contributed by atoms with Gasteiger partial charge < -0.3 is 11.1 Å². The monoisotopic (exact) mass is 342 g/mol. The molecule has 2 saturated carbocycles. The molecule has 122 valence electrons. The van der Waals surface area contributed by atoms with Gasteiger partial charge >= 0.3 is 0 Å². The molecule has 2 fully saturated rings. The largest absolute Gasteiger partial charge is 0.327 e. The highest BCUT2D eigenvalue weighted by molar-refractivity contribution is 6.31. The zero-order valence-electron chi connectivity index (χ0n) is 12.8. The Morgan fingerprint density at radius 1 is 1.27 bits per heavy atom. The first-order valence-corrected chi connectivity index (χ1v) is 8.25. The Bertz CT molecular complexity index is 535. The minimum absolute atomic E-state index is 0. The molecule has 1 aromatic carbocycles. The Morgan fingerprint density at radius 2 is 1.91 bits per heavy atom. The van der Waals surface area contributed by atoms with Gasteiger partial charge in [-0.3, -0.25) is 4.79 Å². The number of anilines is 1. The maximum absolute atomic E-state index is 12.6. The normalized spacial score (nSPS) is 30.3. The number of hydrogen-bond acceptors (Lipinski definition) is 2. The van der Waals surface area contributed by atoms with Crippen LogP contribution in [0.4, 0.5) is 5.69 Å². The van der Waals surface area contributed by atoms with E-state index in [9.17, 15) is 4.79 Å². The van der Waals surface area contributed by atoms with E-state index in [1.54, 1.807) is 0 Å². The van der Waals surface area contributed by atoms with Crippen LogP contribution in [0.3, 0.4) is 0 Å². The van der Waals surface area contributed by atoms with Crippen LogP contribution in [0.2, 0.25) is 5.02 Å².